The van der Waals surface area contributed by atoms with Crippen LogP contribution < -0.4 is 14.8 Å². The summed E-state index contributed by atoms with van der Waals surface area (Å²) < 4.78 is 10.6. The van der Waals surface area contributed by atoms with Crippen LogP contribution in [0.25, 0.3) is 0 Å². The summed E-state index contributed by atoms with van der Waals surface area (Å²) in [6.45, 7) is 2.18. The molecule has 1 aromatic carbocycles. The van der Waals surface area contributed by atoms with Gasteiger partial charge >= 0.3 is 0 Å². The molecule has 1 aromatic rings. The molecule has 18 heavy (non-hydrogen) atoms. The summed E-state index contributed by atoms with van der Waals surface area (Å²) in [4.78, 5) is 11.3. The second-order valence-corrected chi connectivity index (χ2v) is 3.61. The highest BCUT2D eigenvalue weighted by Crippen LogP contribution is 2.28. The van der Waals surface area contributed by atoms with Gasteiger partial charge in [-0.05, 0) is 24.1 Å². The average molecular weight is 247 g/mol. The SMILES string of the molecule is C#CCNC(=O)COc1ccc(CC)cc1OC. The first-order chi connectivity index (χ1) is 8.71. The summed E-state index contributed by atoms with van der Waals surface area (Å²) in [5, 5.41) is 2.52. The van der Waals surface area contributed by atoms with E-state index < -0.39 is 0 Å². The van der Waals surface area contributed by atoms with Gasteiger partial charge in [-0.15, -0.1) is 6.42 Å². The number of ether oxygens (including phenoxy) is 2. The molecule has 0 saturated heterocycles. The minimum absolute atomic E-state index is 0.0798. The number of methoxy groups -OCH3 is 1. The van der Waals surface area contributed by atoms with Gasteiger partial charge < -0.3 is 14.8 Å². The zero-order valence-electron chi connectivity index (χ0n) is 10.7. The number of benzene rings is 1. The number of hydrogen-bond donors (Lipinski definition) is 1. The zero-order valence-corrected chi connectivity index (χ0v) is 10.7. The molecule has 4 nitrogen and oxygen atoms in total. The van der Waals surface area contributed by atoms with Gasteiger partial charge in [0.1, 0.15) is 0 Å². The maximum atomic E-state index is 11.3. The molecule has 1 N–H and O–H groups in total. The van der Waals surface area contributed by atoms with Crippen LogP contribution in [0.1, 0.15) is 12.5 Å². The minimum Gasteiger partial charge on any atom is -0.493 e. The van der Waals surface area contributed by atoms with Crippen LogP contribution in [0.4, 0.5) is 0 Å². The lowest BCUT2D eigenvalue weighted by Crippen LogP contribution is -2.29. The lowest BCUT2D eigenvalue weighted by Gasteiger charge is -2.11. The van der Waals surface area contributed by atoms with Crippen LogP contribution in [0, 0.1) is 12.3 Å². The average Bonchev–Trinajstić information content (AvgIpc) is 2.42. The van der Waals surface area contributed by atoms with E-state index in [1.165, 1.54) is 0 Å². The molecule has 1 rings (SSSR count). The van der Waals surface area contributed by atoms with Gasteiger partial charge in [0.25, 0.3) is 5.91 Å². The van der Waals surface area contributed by atoms with Crippen LogP contribution in [0.15, 0.2) is 18.2 Å². The normalized spacial score (nSPS) is 9.39. The number of nitrogens with one attached hydrogen (secondary N) is 1. The van der Waals surface area contributed by atoms with Crippen molar-refractivity contribution >= 4 is 5.91 Å². The van der Waals surface area contributed by atoms with E-state index in [1.54, 1.807) is 13.2 Å². The second kappa shape index (κ2) is 7.23. The third-order valence-corrected chi connectivity index (χ3v) is 2.38. The summed E-state index contributed by atoms with van der Waals surface area (Å²) in [6, 6.07) is 5.64. The van der Waals surface area contributed by atoms with Gasteiger partial charge in [-0.25, -0.2) is 0 Å². The van der Waals surface area contributed by atoms with Gasteiger partial charge in [-0.2, -0.15) is 0 Å². The highest BCUT2D eigenvalue weighted by atomic mass is 16.5. The Hall–Kier alpha value is -2.15. The van der Waals surface area contributed by atoms with E-state index >= 15 is 0 Å². The highest BCUT2D eigenvalue weighted by Gasteiger charge is 2.07. The summed E-state index contributed by atoms with van der Waals surface area (Å²) in [6.07, 6.45) is 5.95. The fourth-order valence-electron chi connectivity index (χ4n) is 1.40. The molecule has 0 aromatic heterocycles. The topological polar surface area (TPSA) is 47.6 Å². The van der Waals surface area contributed by atoms with Crippen LogP contribution >= 0.6 is 0 Å². The molecular formula is C14H17NO3. The Kier molecular flexibility index (Phi) is 5.59. The van der Waals surface area contributed by atoms with E-state index in [-0.39, 0.29) is 19.1 Å². The molecule has 0 spiro atoms. The summed E-state index contributed by atoms with van der Waals surface area (Å²) in [7, 11) is 1.57. The molecule has 0 saturated carbocycles. The Bertz CT molecular complexity index is 449. The highest BCUT2D eigenvalue weighted by molar-refractivity contribution is 5.77. The van der Waals surface area contributed by atoms with Crippen molar-refractivity contribution in [3.05, 3.63) is 23.8 Å². The Balaban J connectivity index is 2.62. The van der Waals surface area contributed by atoms with Crippen molar-refractivity contribution in [1.82, 2.24) is 5.32 Å². The summed E-state index contributed by atoms with van der Waals surface area (Å²) in [5.41, 5.74) is 1.15. The predicted octanol–water partition coefficient (Wildman–Crippen LogP) is 1.39. The molecule has 0 aliphatic rings. The van der Waals surface area contributed by atoms with Gasteiger partial charge in [0.2, 0.25) is 0 Å². The quantitative estimate of drug-likeness (QED) is 0.773. The van der Waals surface area contributed by atoms with E-state index in [9.17, 15) is 4.79 Å². The van der Waals surface area contributed by atoms with Crippen molar-refractivity contribution in [2.75, 3.05) is 20.3 Å². The fraction of sp³-hybridized carbons (Fsp3) is 0.357. The fourth-order valence-corrected chi connectivity index (χ4v) is 1.40. The Morgan fingerprint density at radius 1 is 1.44 bits per heavy atom. The number of amides is 1. The monoisotopic (exact) mass is 247 g/mol. The third kappa shape index (κ3) is 4.02. The number of rotatable bonds is 6. The second-order valence-electron chi connectivity index (χ2n) is 3.61. The molecule has 0 unspecified atom stereocenters. The molecule has 0 aliphatic carbocycles. The molecule has 96 valence electrons. The van der Waals surface area contributed by atoms with Crippen molar-refractivity contribution < 1.29 is 14.3 Å². The van der Waals surface area contributed by atoms with E-state index in [4.69, 9.17) is 15.9 Å². The minimum atomic E-state index is -0.255. The van der Waals surface area contributed by atoms with Gasteiger partial charge in [0, 0.05) is 0 Å². The largest absolute Gasteiger partial charge is 0.493 e. The number of terminal acetylenes is 1. The van der Waals surface area contributed by atoms with Crippen LogP contribution in [0.3, 0.4) is 0 Å². The van der Waals surface area contributed by atoms with E-state index in [1.807, 2.05) is 12.1 Å². The van der Waals surface area contributed by atoms with Crippen molar-refractivity contribution in [2.45, 2.75) is 13.3 Å². The molecule has 0 atom stereocenters. The molecule has 0 bridgehead atoms. The van der Waals surface area contributed by atoms with Gasteiger partial charge in [0.05, 0.1) is 13.7 Å². The van der Waals surface area contributed by atoms with Crippen molar-refractivity contribution in [3.63, 3.8) is 0 Å². The number of carbonyl (C=O) groups is 1. The first-order valence-electron chi connectivity index (χ1n) is 5.71. The van der Waals surface area contributed by atoms with Crippen LogP contribution in [0.5, 0.6) is 11.5 Å². The Morgan fingerprint density at radius 3 is 2.83 bits per heavy atom. The lowest BCUT2D eigenvalue weighted by atomic mass is 10.1. The van der Waals surface area contributed by atoms with Crippen molar-refractivity contribution in [3.8, 4) is 23.8 Å². The van der Waals surface area contributed by atoms with Crippen molar-refractivity contribution in [2.24, 2.45) is 0 Å². The number of carbonyl (C=O) groups excluding carboxylic acids is 1. The lowest BCUT2D eigenvalue weighted by molar-refractivity contribution is -0.122. The Labute approximate surface area is 107 Å². The smallest absolute Gasteiger partial charge is 0.258 e. The van der Waals surface area contributed by atoms with Crippen LogP contribution in [-0.2, 0) is 11.2 Å². The summed E-state index contributed by atoms with van der Waals surface area (Å²) in [5.74, 6) is 3.24. The molecule has 0 heterocycles. The molecular weight excluding hydrogens is 230 g/mol. The summed E-state index contributed by atoms with van der Waals surface area (Å²) >= 11 is 0. The number of hydrogen-bond acceptors (Lipinski definition) is 3. The van der Waals surface area contributed by atoms with E-state index in [0.717, 1.165) is 12.0 Å². The van der Waals surface area contributed by atoms with E-state index in [0.29, 0.717) is 11.5 Å². The first-order valence-corrected chi connectivity index (χ1v) is 5.71. The third-order valence-electron chi connectivity index (χ3n) is 2.38. The molecule has 1 amide bonds. The maximum absolute atomic E-state index is 11.3. The Morgan fingerprint density at radius 2 is 2.22 bits per heavy atom. The predicted molar refractivity (Wildman–Crippen MR) is 69.7 cm³/mol. The number of aryl methyl sites for hydroxylation is 1. The van der Waals surface area contributed by atoms with Crippen molar-refractivity contribution in [1.29, 1.82) is 0 Å². The van der Waals surface area contributed by atoms with Gasteiger partial charge in [0.15, 0.2) is 18.1 Å². The molecule has 0 aliphatic heterocycles. The molecule has 0 fully saturated rings. The first kappa shape index (κ1) is 13.9. The van der Waals surface area contributed by atoms with Gasteiger partial charge in [-0.3, -0.25) is 4.79 Å². The molecule has 4 heteroatoms. The van der Waals surface area contributed by atoms with E-state index in [2.05, 4.69) is 18.2 Å². The maximum Gasteiger partial charge on any atom is 0.258 e. The van der Waals surface area contributed by atoms with Crippen LogP contribution in [0.2, 0.25) is 0 Å². The standard InChI is InChI=1S/C14H17NO3/c1-4-8-15-14(16)10-18-12-7-6-11(5-2)9-13(12)17-3/h1,6-7,9H,5,8,10H2,2-3H3,(H,15,16). The van der Waals surface area contributed by atoms with Crippen LogP contribution in [-0.4, -0.2) is 26.2 Å². The molecule has 0 radical (unpaired) electrons. The van der Waals surface area contributed by atoms with Gasteiger partial charge in [-0.1, -0.05) is 18.9 Å². The zero-order chi connectivity index (χ0) is 13.4.